The fraction of sp³-hybridized carbons (Fsp3) is 1.00. The van der Waals surface area contributed by atoms with Gasteiger partial charge in [0.2, 0.25) is 0 Å². The van der Waals surface area contributed by atoms with Gasteiger partial charge in [0.05, 0.1) is 0 Å². The molecule has 19 heavy (non-hydrogen) atoms. The summed E-state index contributed by atoms with van der Waals surface area (Å²) in [6.07, 6.45) is 12.9. The molecule has 1 unspecified atom stereocenters. The minimum absolute atomic E-state index is 0.901. The van der Waals surface area contributed by atoms with E-state index in [0.29, 0.717) is 0 Å². The molecule has 1 atom stereocenters. The molecule has 2 aliphatic rings. The summed E-state index contributed by atoms with van der Waals surface area (Å²) in [4.78, 5) is 5.43. The van der Waals surface area contributed by atoms with Gasteiger partial charge in [-0.1, -0.05) is 48.0 Å². The Hall–Kier alpha value is 0.400. The van der Waals surface area contributed by atoms with Crippen LogP contribution in [0.5, 0.6) is 0 Å². The monoisotopic (exact) mass is 330 g/mol. The Labute approximate surface area is 128 Å². The lowest BCUT2D eigenvalue weighted by Crippen LogP contribution is -2.50. The van der Waals surface area contributed by atoms with Gasteiger partial charge in [-0.05, 0) is 38.8 Å². The van der Waals surface area contributed by atoms with Gasteiger partial charge in [0.15, 0.2) is 0 Å². The number of piperazine rings is 1. The first-order chi connectivity index (χ1) is 9.40. The van der Waals surface area contributed by atoms with Gasteiger partial charge >= 0.3 is 0 Å². The number of nitrogens with zero attached hydrogens (tertiary/aromatic N) is 2. The summed E-state index contributed by atoms with van der Waals surface area (Å²) in [5, 5.41) is 1.18. The lowest BCUT2D eigenvalue weighted by atomic mass is 10.1. The average molecular weight is 331 g/mol. The SMILES string of the molecule is BrCCCCCCCCCN1CCN2CCCC2C1. The predicted molar refractivity (Wildman–Crippen MR) is 87.1 cm³/mol. The van der Waals surface area contributed by atoms with Crippen molar-refractivity contribution in [1.82, 2.24) is 9.80 Å². The van der Waals surface area contributed by atoms with Crippen molar-refractivity contribution >= 4 is 15.9 Å². The molecule has 2 aliphatic heterocycles. The highest BCUT2D eigenvalue weighted by Crippen LogP contribution is 2.21. The molecule has 2 rings (SSSR count). The number of hydrogen-bond donors (Lipinski definition) is 0. The first-order valence-corrected chi connectivity index (χ1v) is 9.54. The standard InChI is InChI=1S/C16H31BrN2/c17-10-6-4-2-1-3-5-7-11-18-13-14-19-12-8-9-16(19)15-18/h16H,1-15H2. The normalized spacial score (nSPS) is 24.8. The van der Waals surface area contributed by atoms with Crippen molar-refractivity contribution < 1.29 is 0 Å². The van der Waals surface area contributed by atoms with Gasteiger partial charge in [-0.3, -0.25) is 4.90 Å². The van der Waals surface area contributed by atoms with Crippen LogP contribution in [0.2, 0.25) is 0 Å². The molecule has 3 heteroatoms. The van der Waals surface area contributed by atoms with Crippen molar-refractivity contribution in [2.75, 3.05) is 38.1 Å². The third-order valence-electron chi connectivity index (χ3n) is 4.78. The first-order valence-electron chi connectivity index (χ1n) is 8.42. The lowest BCUT2D eigenvalue weighted by molar-refractivity contribution is 0.103. The summed E-state index contributed by atoms with van der Waals surface area (Å²) in [5.41, 5.74) is 0. The Kier molecular flexibility index (Phi) is 7.77. The molecule has 112 valence electrons. The summed E-state index contributed by atoms with van der Waals surface area (Å²) >= 11 is 3.50. The Bertz CT molecular complexity index is 235. The van der Waals surface area contributed by atoms with E-state index in [2.05, 4.69) is 25.7 Å². The Morgan fingerprint density at radius 2 is 1.58 bits per heavy atom. The van der Waals surface area contributed by atoms with Gasteiger partial charge in [-0.2, -0.15) is 0 Å². The third-order valence-corrected chi connectivity index (χ3v) is 5.34. The number of unbranched alkanes of at least 4 members (excludes halogenated alkanes) is 6. The van der Waals surface area contributed by atoms with E-state index in [1.165, 1.54) is 95.8 Å². The molecule has 0 amide bonds. The topological polar surface area (TPSA) is 6.48 Å². The van der Waals surface area contributed by atoms with Crippen LogP contribution in [0.15, 0.2) is 0 Å². The van der Waals surface area contributed by atoms with Crippen molar-refractivity contribution in [2.24, 2.45) is 0 Å². The molecule has 2 fully saturated rings. The van der Waals surface area contributed by atoms with E-state index < -0.39 is 0 Å². The quantitative estimate of drug-likeness (QED) is 0.467. The van der Waals surface area contributed by atoms with Gasteiger partial charge in [-0.25, -0.2) is 0 Å². The number of hydrogen-bond acceptors (Lipinski definition) is 2. The fourth-order valence-corrected chi connectivity index (χ4v) is 3.97. The summed E-state index contributed by atoms with van der Waals surface area (Å²) < 4.78 is 0. The predicted octanol–water partition coefficient (Wildman–Crippen LogP) is 3.89. The summed E-state index contributed by atoms with van der Waals surface area (Å²) in [5.74, 6) is 0. The van der Waals surface area contributed by atoms with Crippen LogP contribution in [0.3, 0.4) is 0 Å². The average Bonchev–Trinajstić information content (AvgIpc) is 2.89. The van der Waals surface area contributed by atoms with Crippen LogP contribution in [0.4, 0.5) is 0 Å². The van der Waals surface area contributed by atoms with E-state index in [-0.39, 0.29) is 0 Å². The molecule has 0 radical (unpaired) electrons. The molecule has 2 heterocycles. The third kappa shape index (κ3) is 5.73. The van der Waals surface area contributed by atoms with Gasteiger partial charge in [0.1, 0.15) is 0 Å². The molecule has 0 aromatic rings. The second kappa shape index (κ2) is 9.36. The van der Waals surface area contributed by atoms with Crippen LogP contribution in [-0.4, -0.2) is 53.9 Å². The molecule has 2 nitrogen and oxygen atoms in total. The van der Waals surface area contributed by atoms with E-state index in [0.717, 1.165) is 6.04 Å². The first kappa shape index (κ1) is 15.8. The molecular formula is C16H31BrN2. The number of alkyl halides is 1. The van der Waals surface area contributed by atoms with Crippen molar-refractivity contribution in [3.05, 3.63) is 0 Å². The summed E-state index contributed by atoms with van der Waals surface area (Å²) in [7, 11) is 0. The van der Waals surface area contributed by atoms with Crippen LogP contribution >= 0.6 is 15.9 Å². The van der Waals surface area contributed by atoms with Crippen molar-refractivity contribution in [2.45, 2.75) is 63.8 Å². The fourth-order valence-electron chi connectivity index (χ4n) is 3.57. The van der Waals surface area contributed by atoms with E-state index >= 15 is 0 Å². The highest BCUT2D eigenvalue weighted by Gasteiger charge is 2.29. The maximum atomic E-state index is 3.50. The van der Waals surface area contributed by atoms with E-state index in [1.807, 2.05) is 0 Å². The molecule has 0 bridgehead atoms. The van der Waals surface area contributed by atoms with Crippen LogP contribution in [0, 0.1) is 0 Å². The molecule has 0 N–H and O–H groups in total. The molecule has 0 spiro atoms. The Morgan fingerprint density at radius 1 is 0.842 bits per heavy atom. The Morgan fingerprint density at radius 3 is 2.37 bits per heavy atom. The zero-order valence-electron chi connectivity index (χ0n) is 12.5. The number of halogens is 1. The van der Waals surface area contributed by atoms with Crippen LogP contribution in [0.25, 0.3) is 0 Å². The zero-order valence-corrected chi connectivity index (χ0v) is 14.0. The van der Waals surface area contributed by atoms with Gasteiger partial charge in [-0.15, -0.1) is 0 Å². The Balaban J connectivity index is 1.43. The van der Waals surface area contributed by atoms with Crippen LogP contribution < -0.4 is 0 Å². The molecular weight excluding hydrogens is 300 g/mol. The summed E-state index contributed by atoms with van der Waals surface area (Å²) in [6.45, 7) is 6.73. The van der Waals surface area contributed by atoms with Crippen molar-refractivity contribution in [3.8, 4) is 0 Å². The van der Waals surface area contributed by atoms with Crippen molar-refractivity contribution in [3.63, 3.8) is 0 Å². The molecule has 0 aliphatic carbocycles. The van der Waals surface area contributed by atoms with Crippen LogP contribution in [-0.2, 0) is 0 Å². The smallest absolute Gasteiger partial charge is 0.0224 e. The van der Waals surface area contributed by atoms with Gasteiger partial charge in [0, 0.05) is 31.0 Å². The van der Waals surface area contributed by atoms with Crippen LogP contribution in [0.1, 0.15) is 57.8 Å². The van der Waals surface area contributed by atoms with E-state index in [9.17, 15) is 0 Å². The minimum atomic E-state index is 0.901. The maximum Gasteiger partial charge on any atom is 0.0224 e. The largest absolute Gasteiger partial charge is 0.301 e. The van der Waals surface area contributed by atoms with E-state index in [1.54, 1.807) is 0 Å². The molecule has 0 aromatic carbocycles. The second-order valence-electron chi connectivity index (χ2n) is 6.30. The minimum Gasteiger partial charge on any atom is -0.301 e. The second-order valence-corrected chi connectivity index (χ2v) is 7.09. The lowest BCUT2D eigenvalue weighted by Gasteiger charge is -2.37. The van der Waals surface area contributed by atoms with Gasteiger partial charge < -0.3 is 4.90 Å². The molecule has 2 saturated heterocycles. The summed E-state index contributed by atoms with van der Waals surface area (Å²) in [6, 6.07) is 0.901. The zero-order chi connectivity index (χ0) is 13.3. The molecule has 0 aromatic heterocycles. The van der Waals surface area contributed by atoms with Crippen molar-refractivity contribution in [1.29, 1.82) is 0 Å². The maximum absolute atomic E-state index is 3.50. The van der Waals surface area contributed by atoms with E-state index in [4.69, 9.17) is 0 Å². The number of fused-ring (bicyclic) bond motifs is 1. The number of rotatable bonds is 9. The highest BCUT2D eigenvalue weighted by atomic mass is 79.9. The molecule has 0 saturated carbocycles. The van der Waals surface area contributed by atoms with Gasteiger partial charge in [0.25, 0.3) is 0 Å². The highest BCUT2D eigenvalue weighted by molar-refractivity contribution is 9.09.